The number of hydrogen-bond donors (Lipinski definition) is 6. The second-order valence-corrected chi connectivity index (χ2v) is 13.1. The molecule has 6 rings (SSSR count). The van der Waals surface area contributed by atoms with Crippen molar-refractivity contribution in [3.05, 3.63) is 39.6 Å². The Morgan fingerprint density at radius 2 is 2.07 bits per heavy atom. The lowest BCUT2D eigenvalue weighted by molar-refractivity contribution is -0.664. The molecule has 6 heterocycles. The molecule has 2 fully saturated rings. The van der Waals surface area contributed by atoms with E-state index in [0.29, 0.717) is 17.2 Å². The molecule has 3 aliphatic heterocycles. The molecule has 20 heteroatoms. The number of pyridine rings is 1. The molecular weight excluding hydrogens is 652 g/mol. The zero-order valence-electron chi connectivity index (χ0n) is 23.3. The molecular formula is C25H26ClN10O7S2+. The summed E-state index contributed by atoms with van der Waals surface area (Å²) >= 11 is 8.30. The van der Waals surface area contributed by atoms with Crippen LogP contribution in [0.3, 0.4) is 0 Å². The number of nitrogens with two attached hydrogens (primary N) is 2. The van der Waals surface area contributed by atoms with Crippen molar-refractivity contribution in [3.63, 3.8) is 0 Å². The number of nitrogens with zero attached hydrogens (tertiary/aromatic N) is 6. The topological polar surface area (TPSA) is 244 Å². The van der Waals surface area contributed by atoms with Crippen LogP contribution >= 0.6 is 34.7 Å². The van der Waals surface area contributed by atoms with E-state index in [2.05, 4.69) is 25.8 Å². The predicted molar refractivity (Wildman–Crippen MR) is 162 cm³/mol. The molecule has 1 unspecified atom stereocenters. The fourth-order valence-corrected chi connectivity index (χ4v) is 7.41. The van der Waals surface area contributed by atoms with Crippen LogP contribution in [0.5, 0.6) is 0 Å². The number of carboxylic acid groups (broad SMARTS) is 2. The number of fused-ring (bicyclic) bond motifs is 2. The van der Waals surface area contributed by atoms with Crippen LogP contribution < -0.4 is 26.7 Å². The Balaban J connectivity index is 1.25. The van der Waals surface area contributed by atoms with E-state index < -0.39 is 47.0 Å². The van der Waals surface area contributed by atoms with Gasteiger partial charge >= 0.3 is 23.5 Å². The number of anilines is 2. The first-order valence-corrected chi connectivity index (χ1v) is 15.7. The normalized spacial score (nSPS) is 20.8. The smallest absolute Gasteiger partial charge is 0.352 e. The van der Waals surface area contributed by atoms with Crippen LogP contribution in [0.1, 0.15) is 18.7 Å². The van der Waals surface area contributed by atoms with Gasteiger partial charge in [-0.15, -0.1) is 11.8 Å². The lowest BCUT2D eigenvalue weighted by Gasteiger charge is -2.49. The Kier molecular flexibility index (Phi) is 8.02. The van der Waals surface area contributed by atoms with Crippen LogP contribution in [-0.4, -0.2) is 95.5 Å². The lowest BCUT2D eigenvalue weighted by atomic mass is 10.0. The zero-order valence-corrected chi connectivity index (χ0v) is 25.7. The molecule has 0 spiro atoms. The number of oxime groups is 1. The highest BCUT2D eigenvalue weighted by molar-refractivity contribution is 8.00. The molecule has 3 aromatic rings. The molecule has 0 aliphatic carbocycles. The highest BCUT2D eigenvalue weighted by Crippen LogP contribution is 2.40. The molecule has 0 aromatic carbocycles. The van der Waals surface area contributed by atoms with Crippen molar-refractivity contribution in [1.82, 2.24) is 30.1 Å². The third-order valence-electron chi connectivity index (χ3n) is 7.46. The van der Waals surface area contributed by atoms with E-state index in [-0.39, 0.29) is 39.2 Å². The molecule has 0 radical (unpaired) electrons. The van der Waals surface area contributed by atoms with Gasteiger partial charge in [0.15, 0.2) is 10.8 Å². The number of nitrogen functional groups attached to an aromatic ring is 2. The van der Waals surface area contributed by atoms with Crippen molar-refractivity contribution in [2.45, 2.75) is 37.0 Å². The van der Waals surface area contributed by atoms with Gasteiger partial charge in [0.05, 0.1) is 12.2 Å². The number of carboxylic acids is 2. The number of hydrogen-bond acceptors (Lipinski definition) is 13. The number of nitrogens with one attached hydrogen (secondary N) is 2. The number of aromatic nitrogens is 4. The number of aliphatic carboxylic acids is 2. The van der Waals surface area contributed by atoms with Crippen molar-refractivity contribution in [3.8, 4) is 0 Å². The van der Waals surface area contributed by atoms with Gasteiger partial charge in [-0.25, -0.2) is 19.1 Å². The van der Waals surface area contributed by atoms with Crippen LogP contribution in [0.4, 0.5) is 11.1 Å². The Hall–Kier alpha value is -4.46. The number of thiazole rings is 1. The number of imidazole rings is 1. The van der Waals surface area contributed by atoms with Gasteiger partial charge in [-0.3, -0.25) is 19.1 Å². The van der Waals surface area contributed by atoms with E-state index in [1.54, 1.807) is 10.8 Å². The molecule has 3 aliphatic rings. The van der Waals surface area contributed by atoms with Gasteiger partial charge in [0.25, 0.3) is 11.8 Å². The summed E-state index contributed by atoms with van der Waals surface area (Å²) in [6, 6.07) is 2.76. The number of carbonyl (C=O) groups is 4. The molecule has 8 N–H and O–H groups in total. The Labute approximate surface area is 266 Å². The molecule has 0 bridgehead atoms. The van der Waals surface area contributed by atoms with E-state index in [4.69, 9.17) is 33.0 Å². The van der Waals surface area contributed by atoms with E-state index in [9.17, 15) is 24.3 Å². The fraction of sp³-hybridized carbons (Fsp3) is 0.360. The monoisotopic (exact) mass is 677 g/mol. The van der Waals surface area contributed by atoms with Crippen LogP contribution in [-0.2, 0) is 30.6 Å². The number of halogens is 1. The maximum atomic E-state index is 13.4. The van der Waals surface area contributed by atoms with Gasteiger partial charge in [0, 0.05) is 24.4 Å². The average molecular weight is 678 g/mol. The summed E-state index contributed by atoms with van der Waals surface area (Å²) in [5, 5.41) is 28.0. The third kappa shape index (κ3) is 5.40. The SMILES string of the molecule is C[C@H](ON=C(C(=O)NC1C(=O)N2C(C(=O)O)=C(C[n+]3cccc4c3nc(N)n4C3CNC3)CS[C@H]12)c1nc(N)sc1Cl)C(=O)O. The fourth-order valence-electron chi connectivity index (χ4n) is 5.15. The minimum atomic E-state index is -1.41. The van der Waals surface area contributed by atoms with Crippen molar-refractivity contribution < 1.29 is 38.8 Å². The summed E-state index contributed by atoms with van der Waals surface area (Å²) in [5.41, 5.74) is 13.0. The molecule has 3 atom stereocenters. The third-order valence-corrected chi connectivity index (χ3v) is 9.89. The molecule has 17 nitrogen and oxygen atoms in total. The summed E-state index contributed by atoms with van der Waals surface area (Å²) < 4.78 is 3.73. The summed E-state index contributed by atoms with van der Waals surface area (Å²) in [6.45, 7) is 2.86. The number of amides is 2. The van der Waals surface area contributed by atoms with E-state index in [1.807, 2.05) is 16.7 Å². The lowest BCUT2D eigenvalue weighted by Crippen LogP contribution is -2.71. The van der Waals surface area contributed by atoms with Crippen molar-refractivity contribution >= 4 is 86.4 Å². The van der Waals surface area contributed by atoms with Gasteiger partial charge < -0.3 is 37.2 Å². The minimum absolute atomic E-state index is 0.00853. The molecule has 2 amide bonds. The van der Waals surface area contributed by atoms with Gasteiger partial charge in [-0.1, -0.05) is 28.1 Å². The Morgan fingerprint density at radius 3 is 2.69 bits per heavy atom. The first kappa shape index (κ1) is 30.6. The largest absolute Gasteiger partial charge is 0.478 e. The van der Waals surface area contributed by atoms with Gasteiger partial charge in [-0.2, -0.15) is 0 Å². The average Bonchev–Trinajstić information content (AvgIpc) is 3.48. The highest BCUT2D eigenvalue weighted by atomic mass is 35.5. The van der Waals surface area contributed by atoms with Gasteiger partial charge in [0.2, 0.25) is 6.10 Å². The Bertz CT molecular complexity index is 1820. The van der Waals surface area contributed by atoms with E-state index in [1.165, 1.54) is 18.7 Å². The molecule has 3 aromatic heterocycles. The maximum absolute atomic E-state index is 13.4. The molecule has 236 valence electrons. The summed E-state index contributed by atoms with van der Waals surface area (Å²) in [6.07, 6.45) is 0.357. The van der Waals surface area contributed by atoms with Gasteiger partial charge in [-0.05, 0) is 24.0 Å². The van der Waals surface area contributed by atoms with Crippen LogP contribution in [0.15, 0.2) is 34.8 Å². The Morgan fingerprint density at radius 1 is 1.31 bits per heavy atom. The number of thioether (sulfide) groups is 1. The van der Waals surface area contributed by atoms with Crippen molar-refractivity contribution in [2.75, 3.05) is 30.3 Å². The van der Waals surface area contributed by atoms with Crippen molar-refractivity contribution in [1.29, 1.82) is 0 Å². The second kappa shape index (κ2) is 11.8. The predicted octanol–water partition coefficient (Wildman–Crippen LogP) is -0.625. The van der Waals surface area contributed by atoms with E-state index >= 15 is 0 Å². The van der Waals surface area contributed by atoms with Crippen LogP contribution in [0, 0.1) is 0 Å². The summed E-state index contributed by atoms with van der Waals surface area (Å²) in [7, 11) is 0. The second-order valence-electron chi connectivity index (χ2n) is 10.3. The van der Waals surface area contributed by atoms with Crippen LogP contribution in [0.2, 0.25) is 4.34 Å². The standard InChI is InChI=1S/C25H25ClN10O7S2/c1-9(22(39)40)43-33-14(13-17(26)45-25(28)31-13)19(37)30-15-20(38)36-16(23(41)42)10(8-44-21(15)36)7-34-4-2-3-12-18(34)32-24(27)35(12)11-5-29-6-11/h2-4,9,11,15,21,27,29H,5-8H2,1H3,(H5,28,30,31,37,39,40,41,42)/p+1/t9-,15?,21+/m0/s1. The maximum Gasteiger partial charge on any atom is 0.352 e. The van der Waals surface area contributed by atoms with Crippen molar-refractivity contribution in [2.24, 2.45) is 5.16 Å². The first-order valence-electron chi connectivity index (χ1n) is 13.4. The number of rotatable bonds is 10. The molecule has 0 saturated carbocycles. The summed E-state index contributed by atoms with van der Waals surface area (Å²) in [4.78, 5) is 65.0. The first-order chi connectivity index (χ1) is 21.5. The number of β-lactam (4-membered cyclic amide) rings is 1. The zero-order chi connectivity index (χ0) is 32.2. The number of carbonyl (C=O) groups excluding carboxylic acids is 2. The van der Waals surface area contributed by atoms with Crippen LogP contribution in [0.25, 0.3) is 11.2 Å². The summed E-state index contributed by atoms with van der Waals surface area (Å²) in [5.74, 6) is -3.64. The quantitative estimate of drug-likeness (QED) is 0.0679. The molecule has 45 heavy (non-hydrogen) atoms. The van der Waals surface area contributed by atoms with E-state index in [0.717, 1.165) is 34.8 Å². The minimum Gasteiger partial charge on any atom is -0.478 e. The molecule has 2 saturated heterocycles. The van der Waals surface area contributed by atoms with Gasteiger partial charge in [0.1, 0.15) is 39.2 Å². The highest BCUT2D eigenvalue weighted by Gasteiger charge is 2.54.